The summed E-state index contributed by atoms with van der Waals surface area (Å²) in [5.74, 6) is 1.43. The van der Waals surface area contributed by atoms with Crippen LogP contribution in [0.5, 0.6) is 0 Å². The van der Waals surface area contributed by atoms with Gasteiger partial charge in [0, 0.05) is 25.8 Å². The average molecular weight is 416 g/mol. The highest BCUT2D eigenvalue weighted by molar-refractivity contribution is 5.76. The molecule has 2 N–H and O–H groups in total. The van der Waals surface area contributed by atoms with E-state index in [0.717, 1.165) is 30.2 Å². The molecule has 0 unspecified atom stereocenters. The molecule has 0 atom stereocenters. The van der Waals surface area contributed by atoms with E-state index in [1.807, 2.05) is 42.6 Å². The van der Waals surface area contributed by atoms with Gasteiger partial charge in [0.15, 0.2) is 5.65 Å². The van der Waals surface area contributed by atoms with Crippen LogP contribution in [0.25, 0.3) is 16.7 Å². The van der Waals surface area contributed by atoms with Crippen LogP contribution < -0.4 is 15.8 Å². The Morgan fingerprint density at radius 3 is 2.65 bits per heavy atom. The highest BCUT2D eigenvalue weighted by atomic mass is 16.1. The Labute approximate surface area is 180 Å². The van der Waals surface area contributed by atoms with Crippen LogP contribution in [0.15, 0.2) is 59.7 Å². The minimum atomic E-state index is -0.213. The number of hydrogen-bond donors (Lipinski definition) is 2. The maximum absolute atomic E-state index is 12.5. The van der Waals surface area contributed by atoms with Crippen molar-refractivity contribution in [3.05, 3.63) is 70.8 Å². The molecule has 0 bridgehead atoms. The summed E-state index contributed by atoms with van der Waals surface area (Å²) in [6, 6.07) is 13.8. The molecule has 8 heteroatoms. The van der Waals surface area contributed by atoms with E-state index in [2.05, 4.69) is 36.3 Å². The third-order valence-corrected chi connectivity index (χ3v) is 5.64. The summed E-state index contributed by atoms with van der Waals surface area (Å²) in [7, 11) is 0. The van der Waals surface area contributed by atoms with Gasteiger partial charge in [0.05, 0.1) is 11.9 Å². The molecule has 0 amide bonds. The lowest BCUT2D eigenvalue weighted by Gasteiger charge is -2.21. The normalized spacial score (nSPS) is 14.5. The highest BCUT2D eigenvalue weighted by Crippen LogP contribution is 2.19. The van der Waals surface area contributed by atoms with Crippen LogP contribution in [0.1, 0.15) is 31.2 Å². The zero-order valence-corrected chi connectivity index (χ0v) is 17.3. The molecule has 1 aromatic carbocycles. The molecule has 3 aromatic heterocycles. The van der Waals surface area contributed by atoms with E-state index in [1.165, 1.54) is 25.7 Å². The molecule has 0 saturated carbocycles. The van der Waals surface area contributed by atoms with E-state index in [-0.39, 0.29) is 5.56 Å². The molecule has 5 rings (SSSR count). The summed E-state index contributed by atoms with van der Waals surface area (Å²) in [4.78, 5) is 26.9. The number of benzene rings is 1. The standard InChI is InChI=1S/C23H25N7O/c31-22-19-16-26-30(18-8-4-3-5-9-18)21(19)27-23(28-22)25-15-17-10-11-24-20(14-17)29-12-6-1-2-7-13-29/h3-5,8-11,14,16H,1-2,6-7,12-13,15H2,(H2,25,27,28,31). The van der Waals surface area contributed by atoms with Crippen molar-refractivity contribution in [2.24, 2.45) is 0 Å². The molecule has 0 radical (unpaired) electrons. The molecule has 8 nitrogen and oxygen atoms in total. The van der Waals surface area contributed by atoms with Gasteiger partial charge >= 0.3 is 0 Å². The van der Waals surface area contributed by atoms with Crippen LogP contribution in [0.4, 0.5) is 11.8 Å². The van der Waals surface area contributed by atoms with Gasteiger partial charge in [-0.2, -0.15) is 10.1 Å². The quantitative estimate of drug-likeness (QED) is 0.518. The molecule has 1 aliphatic heterocycles. The topological polar surface area (TPSA) is 91.7 Å². The summed E-state index contributed by atoms with van der Waals surface area (Å²) in [6.07, 6.45) is 8.40. The Morgan fingerprint density at radius 1 is 1.03 bits per heavy atom. The molecule has 0 aliphatic carbocycles. The second-order valence-electron chi connectivity index (χ2n) is 7.82. The fourth-order valence-electron chi connectivity index (χ4n) is 3.99. The second-order valence-corrected chi connectivity index (χ2v) is 7.82. The van der Waals surface area contributed by atoms with Crippen LogP contribution in [0.2, 0.25) is 0 Å². The van der Waals surface area contributed by atoms with Crippen molar-refractivity contribution in [3.8, 4) is 5.69 Å². The Hall–Kier alpha value is -3.68. The summed E-state index contributed by atoms with van der Waals surface area (Å²) < 4.78 is 1.68. The number of aromatic amines is 1. The van der Waals surface area contributed by atoms with Crippen molar-refractivity contribution in [1.29, 1.82) is 0 Å². The van der Waals surface area contributed by atoms with Crippen molar-refractivity contribution in [1.82, 2.24) is 24.7 Å². The lowest BCUT2D eigenvalue weighted by Crippen LogP contribution is -2.25. The Morgan fingerprint density at radius 2 is 1.84 bits per heavy atom. The van der Waals surface area contributed by atoms with E-state index < -0.39 is 0 Å². The number of anilines is 2. The second kappa shape index (κ2) is 8.59. The Balaban J connectivity index is 1.38. The van der Waals surface area contributed by atoms with Crippen LogP contribution in [-0.4, -0.2) is 37.8 Å². The number of fused-ring (bicyclic) bond motifs is 1. The SMILES string of the molecule is O=c1[nH]c(NCc2ccnc(N3CCCCCC3)c2)nc2c1cnn2-c1ccccc1. The van der Waals surface area contributed by atoms with Crippen molar-refractivity contribution >= 4 is 22.8 Å². The first-order valence-electron chi connectivity index (χ1n) is 10.8. The van der Waals surface area contributed by atoms with Gasteiger partial charge < -0.3 is 10.2 Å². The van der Waals surface area contributed by atoms with E-state index in [0.29, 0.717) is 23.5 Å². The van der Waals surface area contributed by atoms with E-state index in [1.54, 1.807) is 10.9 Å². The first kappa shape index (κ1) is 19.3. The van der Waals surface area contributed by atoms with Gasteiger partial charge in [0.1, 0.15) is 11.2 Å². The van der Waals surface area contributed by atoms with Gasteiger partial charge in [-0.25, -0.2) is 9.67 Å². The van der Waals surface area contributed by atoms with E-state index in [9.17, 15) is 4.79 Å². The molecule has 31 heavy (non-hydrogen) atoms. The zero-order chi connectivity index (χ0) is 21.0. The summed E-state index contributed by atoms with van der Waals surface area (Å²) in [5, 5.41) is 8.06. The molecule has 1 saturated heterocycles. The van der Waals surface area contributed by atoms with Gasteiger partial charge in [0.2, 0.25) is 5.95 Å². The minimum absolute atomic E-state index is 0.213. The largest absolute Gasteiger partial charge is 0.357 e. The molecule has 1 aliphatic rings. The number of aromatic nitrogens is 5. The fraction of sp³-hybridized carbons (Fsp3) is 0.304. The van der Waals surface area contributed by atoms with Crippen LogP contribution in [0.3, 0.4) is 0 Å². The monoisotopic (exact) mass is 415 g/mol. The molecule has 1 fully saturated rings. The van der Waals surface area contributed by atoms with Crippen LogP contribution in [0, 0.1) is 0 Å². The Bertz CT molecular complexity index is 1220. The molecule has 4 heterocycles. The van der Waals surface area contributed by atoms with Crippen molar-refractivity contribution < 1.29 is 0 Å². The lowest BCUT2D eigenvalue weighted by molar-refractivity contribution is 0.726. The first-order valence-corrected chi connectivity index (χ1v) is 10.8. The molecular formula is C23H25N7O. The van der Waals surface area contributed by atoms with Gasteiger partial charge in [0.25, 0.3) is 5.56 Å². The summed E-state index contributed by atoms with van der Waals surface area (Å²) in [5.41, 5.74) is 2.26. The fourth-order valence-corrected chi connectivity index (χ4v) is 3.99. The maximum atomic E-state index is 12.5. The van der Waals surface area contributed by atoms with Crippen molar-refractivity contribution in [3.63, 3.8) is 0 Å². The first-order chi connectivity index (χ1) is 15.3. The third-order valence-electron chi connectivity index (χ3n) is 5.64. The molecule has 158 valence electrons. The number of pyridine rings is 1. The maximum Gasteiger partial charge on any atom is 0.263 e. The number of H-pyrrole nitrogens is 1. The third kappa shape index (κ3) is 4.14. The molecular weight excluding hydrogens is 390 g/mol. The van der Waals surface area contributed by atoms with E-state index >= 15 is 0 Å². The smallest absolute Gasteiger partial charge is 0.263 e. The number of nitrogens with one attached hydrogen (secondary N) is 2. The zero-order valence-electron chi connectivity index (χ0n) is 17.3. The predicted octanol–water partition coefficient (Wildman–Crippen LogP) is 3.50. The number of para-hydroxylation sites is 1. The van der Waals surface area contributed by atoms with Crippen molar-refractivity contribution in [2.45, 2.75) is 32.2 Å². The lowest BCUT2D eigenvalue weighted by atomic mass is 10.2. The van der Waals surface area contributed by atoms with Crippen LogP contribution >= 0.6 is 0 Å². The van der Waals surface area contributed by atoms with Gasteiger partial charge in [-0.05, 0) is 42.7 Å². The number of hydrogen-bond acceptors (Lipinski definition) is 6. The molecule has 0 spiro atoms. The van der Waals surface area contributed by atoms with Gasteiger partial charge in [-0.1, -0.05) is 31.0 Å². The summed E-state index contributed by atoms with van der Waals surface area (Å²) >= 11 is 0. The van der Waals surface area contributed by atoms with Crippen LogP contribution in [-0.2, 0) is 6.54 Å². The van der Waals surface area contributed by atoms with Gasteiger partial charge in [-0.15, -0.1) is 0 Å². The van der Waals surface area contributed by atoms with Gasteiger partial charge in [-0.3, -0.25) is 9.78 Å². The van der Waals surface area contributed by atoms with E-state index in [4.69, 9.17) is 0 Å². The minimum Gasteiger partial charge on any atom is -0.357 e. The predicted molar refractivity (Wildman–Crippen MR) is 122 cm³/mol. The number of rotatable bonds is 5. The van der Waals surface area contributed by atoms with Crippen molar-refractivity contribution in [2.75, 3.05) is 23.3 Å². The molecule has 4 aromatic rings. The Kier molecular flexibility index (Phi) is 5.35. The highest BCUT2D eigenvalue weighted by Gasteiger charge is 2.13. The summed E-state index contributed by atoms with van der Waals surface area (Å²) in [6.45, 7) is 2.65. The number of nitrogens with zero attached hydrogens (tertiary/aromatic N) is 5. The average Bonchev–Trinajstić information content (AvgIpc) is 3.05.